The van der Waals surface area contributed by atoms with Crippen LogP contribution in [0.15, 0.2) is 103 Å². The first-order chi connectivity index (χ1) is 30.0. The first-order valence-corrected chi connectivity index (χ1v) is 24.3. The van der Waals surface area contributed by atoms with Crippen LogP contribution < -0.4 is 10.9 Å². The number of aromatic nitrogens is 2. The molecule has 4 heterocycles. The lowest BCUT2D eigenvalue weighted by molar-refractivity contribution is 0.589. The summed E-state index contributed by atoms with van der Waals surface area (Å²) in [7, 11) is 0. The van der Waals surface area contributed by atoms with Gasteiger partial charge in [-0.2, -0.15) is 0 Å². The lowest BCUT2D eigenvalue weighted by Crippen LogP contribution is -2.56. The second-order valence-corrected chi connectivity index (χ2v) is 26.1. The van der Waals surface area contributed by atoms with Crippen LogP contribution in [0, 0.1) is 0 Å². The Morgan fingerprint density at radius 3 is 1.35 bits per heavy atom. The highest BCUT2D eigenvalue weighted by Gasteiger charge is 2.45. The van der Waals surface area contributed by atoms with Crippen molar-refractivity contribution in [3.63, 3.8) is 0 Å². The van der Waals surface area contributed by atoms with Gasteiger partial charge in [-0.25, -0.2) is 0 Å². The molecule has 0 aliphatic carbocycles. The van der Waals surface area contributed by atoms with E-state index in [1.807, 2.05) is 0 Å². The largest absolute Gasteiger partial charge is 0.375 e. The van der Waals surface area contributed by atoms with Gasteiger partial charge in [0, 0.05) is 44.2 Å². The Morgan fingerprint density at radius 1 is 0.369 bits per heavy atom. The third-order valence-electron chi connectivity index (χ3n) is 15.0. The van der Waals surface area contributed by atoms with Crippen LogP contribution in [0.4, 0.5) is 0 Å². The molecule has 6 aromatic carbocycles. The van der Waals surface area contributed by atoms with Crippen molar-refractivity contribution in [1.29, 1.82) is 0 Å². The Kier molecular flexibility index (Phi) is 9.16. The summed E-state index contributed by atoms with van der Waals surface area (Å²) in [6.45, 7) is 42.4. The summed E-state index contributed by atoms with van der Waals surface area (Å²) in [6.07, 6.45) is 0. The fraction of sp³-hybridized carbons (Fsp3) is 0.387. The van der Waals surface area contributed by atoms with Crippen LogP contribution in [-0.4, -0.2) is 15.9 Å². The molecule has 0 unspecified atom stereocenters. The van der Waals surface area contributed by atoms with E-state index in [1.54, 1.807) is 0 Å². The van der Waals surface area contributed by atoms with E-state index in [4.69, 9.17) is 0 Å². The zero-order valence-corrected chi connectivity index (χ0v) is 42.8. The quantitative estimate of drug-likeness (QED) is 0.153. The molecule has 2 aliphatic heterocycles. The highest BCUT2D eigenvalue weighted by Crippen LogP contribution is 2.51. The Labute approximate surface area is 390 Å². The van der Waals surface area contributed by atoms with Crippen molar-refractivity contribution in [3.05, 3.63) is 137 Å². The molecule has 0 N–H and O–H groups in total. The first-order valence-electron chi connectivity index (χ1n) is 24.3. The van der Waals surface area contributed by atoms with Gasteiger partial charge in [-0.05, 0) is 130 Å². The van der Waals surface area contributed by atoms with Crippen molar-refractivity contribution in [2.75, 3.05) is 0 Å². The van der Waals surface area contributed by atoms with E-state index >= 15 is 0 Å². The zero-order chi connectivity index (χ0) is 46.9. The Balaban J connectivity index is 1.46. The van der Waals surface area contributed by atoms with Crippen LogP contribution in [0.2, 0.25) is 0 Å². The predicted molar refractivity (Wildman–Crippen MR) is 285 cm³/mol. The van der Waals surface area contributed by atoms with Crippen LogP contribution in [-0.2, 0) is 32.5 Å². The molecule has 3 heteroatoms. The van der Waals surface area contributed by atoms with Gasteiger partial charge >= 0.3 is 6.85 Å². The van der Waals surface area contributed by atoms with Crippen LogP contribution in [0.25, 0.3) is 71.9 Å². The second kappa shape index (κ2) is 13.7. The van der Waals surface area contributed by atoms with E-state index in [9.17, 15) is 0 Å². The number of hydrogen-bond donors (Lipinski definition) is 0. The minimum Gasteiger partial charge on any atom is -0.375 e. The summed E-state index contributed by atoms with van der Waals surface area (Å²) in [4.78, 5) is 0. The normalized spacial score (nSPS) is 14.3. The first kappa shape index (κ1) is 43.6. The predicted octanol–water partition coefficient (Wildman–Crippen LogP) is 15.8. The van der Waals surface area contributed by atoms with Gasteiger partial charge in [0.15, 0.2) is 0 Å². The summed E-state index contributed by atoms with van der Waals surface area (Å²) in [5.41, 5.74) is 24.0. The van der Waals surface area contributed by atoms with Gasteiger partial charge in [0.05, 0.1) is 11.0 Å². The lowest BCUT2D eigenvalue weighted by Gasteiger charge is -2.37. The molecule has 2 aromatic heterocycles. The third kappa shape index (κ3) is 6.72. The molecule has 10 rings (SSSR count). The van der Waals surface area contributed by atoms with E-state index < -0.39 is 0 Å². The average Bonchev–Trinajstić information content (AvgIpc) is 3.72. The molecule has 0 atom stereocenters. The molecule has 0 fully saturated rings. The fourth-order valence-corrected chi connectivity index (χ4v) is 10.9. The van der Waals surface area contributed by atoms with E-state index in [-0.39, 0.29) is 39.3 Å². The van der Waals surface area contributed by atoms with Gasteiger partial charge in [0.2, 0.25) is 0 Å². The smallest absolute Gasteiger partial charge is 0.333 e. The topological polar surface area (TPSA) is 9.86 Å². The molecular weight excluding hydrogens is 784 g/mol. The minimum atomic E-state index is -0.0744. The van der Waals surface area contributed by atoms with E-state index in [1.165, 1.54) is 116 Å². The summed E-state index contributed by atoms with van der Waals surface area (Å²) < 4.78 is 5.49. The summed E-state index contributed by atoms with van der Waals surface area (Å²) in [5, 5.41) is 4.03. The zero-order valence-electron chi connectivity index (χ0n) is 42.8. The van der Waals surface area contributed by atoms with Crippen molar-refractivity contribution >= 4 is 50.5 Å². The molecule has 8 aromatic rings. The summed E-state index contributed by atoms with van der Waals surface area (Å²) >= 11 is 0. The van der Waals surface area contributed by atoms with Gasteiger partial charge in [-0.15, -0.1) is 0 Å². The molecule has 0 radical (unpaired) electrons. The molecule has 0 bridgehead atoms. The Hall–Kier alpha value is -5.28. The lowest BCUT2D eigenvalue weighted by atomic mass is 9.45. The molecular formula is C62H71BN2. The van der Waals surface area contributed by atoms with Crippen LogP contribution >= 0.6 is 0 Å². The van der Waals surface area contributed by atoms with Crippen LogP contribution in [0.5, 0.6) is 0 Å². The molecule has 65 heavy (non-hydrogen) atoms. The van der Waals surface area contributed by atoms with Crippen molar-refractivity contribution in [1.82, 2.24) is 9.05 Å². The number of rotatable bonds is 2. The van der Waals surface area contributed by atoms with Crippen molar-refractivity contribution in [3.8, 4) is 39.2 Å². The van der Waals surface area contributed by atoms with Crippen LogP contribution in [0.3, 0.4) is 0 Å². The standard InChI is InChI=1S/C62H71BN2/c1-57(2,3)38-23-19-36(20-24-38)52-48-33-41(60(10,11)12)31-47-45-30-43(62(16,17)18)35-51-53(45)63(65(55(47)48)54(52)37-21-25-39(26-22-37)58(4,5)6)49-34-42(61(13,14)15)32-46-44-29-40(59(7,8)9)27-28-50(44)64(51)56(46)49/h19-35H,1-18H3. The number of fused-ring (bicyclic) bond motifs is 7. The van der Waals surface area contributed by atoms with E-state index in [0.29, 0.717) is 0 Å². The number of hydrogen-bond acceptors (Lipinski definition) is 0. The summed E-state index contributed by atoms with van der Waals surface area (Å²) in [5.74, 6) is 0. The average molecular weight is 855 g/mol. The number of nitrogens with zero attached hydrogens (tertiary/aromatic N) is 2. The SMILES string of the molecule is CC(C)(C)c1ccc(-c2c(-c3ccc(C(C)(C)C)cc3)n3c4c(cc(C(C)(C)C)cc24)-c2cc(C(C)(C)C)cc4c2B3c2cc(C(C)(C)C)cc3c5cc(C(C)(C)C)ccc5n-4c23)cc1. The van der Waals surface area contributed by atoms with Gasteiger partial charge in [-0.1, -0.05) is 191 Å². The number of benzene rings is 6. The van der Waals surface area contributed by atoms with Crippen molar-refractivity contribution < 1.29 is 0 Å². The van der Waals surface area contributed by atoms with Crippen molar-refractivity contribution in [2.45, 2.75) is 157 Å². The van der Waals surface area contributed by atoms with Gasteiger partial charge in [0.25, 0.3) is 0 Å². The fourth-order valence-electron chi connectivity index (χ4n) is 10.9. The molecule has 332 valence electrons. The minimum absolute atomic E-state index is 0.0191. The van der Waals surface area contributed by atoms with Gasteiger partial charge in [-0.3, -0.25) is 0 Å². The Morgan fingerprint density at radius 2 is 0.815 bits per heavy atom. The third-order valence-corrected chi connectivity index (χ3v) is 15.0. The highest BCUT2D eigenvalue weighted by atomic mass is 15.0. The maximum Gasteiger partial charge on any atom is 0.333 e. The monoisotopic (exact) mass is 855 g/mol. The maximum atomic E-state index is 2.82. The molecule has 0 saturated carbocycles. The van der Waals surface area contributed by atoms with E-state index in [0.717, 1.165) is 0 Å². The second-order valence-electron chi connectivity index (χ2n) is 26.1. The summed E-state index contributed by atoms with van der Waals surface area (Å²) in [6, 6.07) is 41.9. The highest BCUT2D eigenvalue weighted by molar-refractivity contribution is 6.90. The maximum absolute atomic E-state index is 2.82. The van der Waals surface area contributed by atoms with Crippen molar-refractivity contribution in [2.24, 2.45) is 0 Å². The molecule has 0 saturated heterocycles. The van der Waals surface area contributed by atoms with Crippen LogP contribution in [0.1, 0.15) is 158 Å². The molecule has 0 amide bonds. The molecule has 2 nitrogen and oxygen atoms in total. The van der Waals surface area contributed by atoms with Gasteiger partial charge in [0.1, 0.15) is 0 Å². The molecule has 2 aliphatic rings. The van der Waals surface area contributed by atoms with Gasteiger partial charge < -0.3 is 9.05 Å². The molecule has 0 spiro atoms. The van der Waals surface area contributed by atoms with E-state index in [2.05, 4.69) is 237 Å². The Bertz CT molecular complexity index is 3270.